The number of carbonyl (C=O) groups excluding carboxylic acids is 1. The number of hydrogen-bond donors (Lipinski definition) is 2. The van der Waals surface area contributed by atoms with Gasteiger partial charge in [-0.05, 0) is 36.5 Å². The van der Waals surface area contributed by atoms with Crippen molar-refractivity contribution in [2.75, 3.05) is 7.11 Å². The third-order valence-corrected chi connectivity index (χ3v) is 4.22. The molecule has 0 spiro atoms. The van der Waals surface area contributed by atoms with E-state index in [0.29, 0.717) is 25.7 Å². The second-order valence-corrected chi connectivity index (χ2v) is 6.12. The van der Waals surface area contributed by atoms with E-state index in [4.69, 9.17) is 17.0 Å². The van der Waals surface area contributed by atoms with Crippen molar-refractivity contribution < 1.29 is 19.0 Å². The molecule has 1 aliphatic heterocycles. The summed E-state index contributed by atoms with van der Waals surface area (Å²) in [6.45, 7) is 0. The normalized spacial score (nSPS) is 14.8. The van der Waals surface area contributed by atoms with Crippen molar-refractivity contribution in [1.82, 2.24) is 4.98 Å². The van der Waals surface area contributed by atoms with Crippen LogP contribution in [0.2, 0.25) is 0 Å². The van der Waals surface area contributed by atoms with Crippen LogP contribution in [0, 0.1) is 9.77 Å². The minimum absolute atomic E-state index is 0.0572. The molecule has 2 N–H and O–H groups in total. The zero-order valence-corrected chi connectivity index (χ0v) is 12.8. The van der Waals surface area contributed by atoms with Gasteiger partial charge in [0.25, 0.3) is 0 Å². The Bertz CT molecular complexity index is 896. The van der Waals surface area contributed by atoms with Crippen molar-refractivity contribution >= 4 is 52.6 Å². The standard InChI is InChI=1S/C14H9FN2O3S2/c1-20-13(19)11-8(5-10-12(18)17-14(21)22-10)7-4-6(15)2-3-9(7)16-11/h2-5,18H,1H3,(H,17,21)/b8-5+. The molecule has 2 aromatic rings. The number of nitrogens with zero attached hydrogens (tertiary/aromatic N) is 1. The van der Waals surface area contributed by atoms with E-state index >= 15 is 0 Å². The first-order chi connectivity index (χ1) is 10.5. The smallest absolute Gasteiger partial charge is 0.357 e. The minimum atomic E-state index is -0.638. The van der Waals surface area contributed by atoms with E-state index in [1.807, 2.05) is 0 Å². The summed E-state index contributed by atoms with van der Waals surface area (Å²) >= 11 is 6.09. The second-order valence-electron chi connectivity index (χ2n) is 4.40. The van der Waals surface area contributed by atoms with Crippen LogP contribution < -0.4 is 0 Å². The second kappa shape index (κ2) is 5.47. The van der Waals surface area contributed by atoms with Crippen molar-refractivity contribution in [1.29, 1.82) is 0 Å². The quantitative estimate of drug-likeness (QED) is 0.651. The van der Waals surface area contributed by atoms with Gasteiger partial charge in [0, 0.05) is 11.1 Å². The Morgan fingerprint density at radius 2 is 2.32 bits per heavy atom. The number of aromatic amines is 1. The third kappa shape index (κ3) is 2.46. The molecule has 0 bridgehead atoms. The highest BCUT2D eigenvalue weighted by Gasteiger charge is 2.28. The van der Waals surface area contributed by atoms with Gasteiger partial charge in [-0.2, -0.15) is 0 Å². The molecule has 0 aliphatic carbocycles. The molecule has 0 unspecified atom stereocenters. The molecule has 0 saturated carbocycles. The van der Waals surface area contributed by atoms with Crippen LogP contribution in [0.15, 0.2) is 23.2 Å². The largest absolute Gasteiger partial charge is 0.494 e. The van der Waals surface area contributed by atoms with Gasteiger partial charge >= 0.3 is 5.97 Å². The zero-order valence-electron chi connectivity index (χ0n) is 11.2. The molecule has 8 heteroatoms. The average molecular weight is 336 g/mol. The summed E-state index contributed by atoms with van der Waals surface area (Å²) in [6.07, 6.45) is 1.54. The lowest BCUT2D eigenvalue weighted by Gasteiger charge is -2.03. The maximum Gasteiger partial charge on any atom is 0.357 e. The Hall–Kier alpha value is -2.32. The maximum absolute atomic E-state index is 13.5. The van der Waals surface area contributed by atoms with Crippen LogP contribution in [0.5, 0.6) is 5.88 Å². The predicted molar refractivity (Wildman–Crippen MR) is 84.6 cm³/mol. The highest BCUT2D eigenvalue weighted by molar-refractivity contribution is 7.73. The first-order valence-corrected chi connectivity index (χ1v) is 7.33. The fourth-order valence-corrected chi connectivity index (χ4v) is 3.13. The molecule has 0 atom stereocenters. The fourth-order valence-electron chi connectivity index (χ4n) is 2.09. The lowest BCUT2D eigenvalue weighted by atomic mass is 10.0. The Kier molecular flexibility index (Phi) is 3.63. The molecule has 0 amide bonds. The van der Waals surface area contributed by atoms with E-state index in [2.05, 4.69) is 9.98 Å². The number of hydrogen-bond acceptors (Lipinski definition) is 6. The number of carbonyl (C=O) groups is 1. The molecule has 22 heavy (non-hydrogen) atoms. The lowest BCUT2D eigenvalue weighted by Crippen LogP contribution is -2.14. The number of H-pyrrole nitrogens is 1. The van der Waals surface area contributed by atoms with E-state index in [1.54, 1.807) is 0 Å². The monoisotopic (exact) mass is 336 g/mol. The van der Waals surface area contributed by atoms with Crippen molar-refractivity contribution in [3.05, 3.63) is 38.4 Å². The number of aliphatic imine (C=N–C) groups is 1. The number of aromatic hydroxyl groups is 1. The van der Waals surface area contributed by atoms with Crippen LogP contribution in [0.1, 0.15) is 10.4 Å². The summed E-state index contributed by atoms with van der Waals surface area (Å²) < 4.78 is 18.6. The van der Waals surface area contributed by atoms with Gasteiger partial charge in [0.2, 0.25) is 5.88 Å². The first-order valence-electron chi connectivity index (χ1n) is 6.10. The van der Waals surface area contributed by atoms with Crippen LogP contribution in [0.4, 0.5) is 10.1 Å². The molecule has 2 heterocycles. The minimum Gasteiger partial charge on any atom is -0.494 e. The summed E-state index contributed by atoms with van der Waals surface area (Å²) in [7, 11) is 1.24. The zero-order chi connectivity index (χ0) is 15.9. The van der Waals surface area contributed by atoms with Gasteiger partial charge in [0.15, 0.2) is 9.67 Å². The number of benzene rings is 1. The summed E-state index contributed by atoms with van der Waals surface area (Å²) in [4.78, 5) is 19.1. The summed E-state index contributed by atoms with van der Waals surface area (Å²) in [5.74, 6) is -1.20. The van der Waals surface area contributed by atoms with Gasteiger partial charge in [-0.1, -0.05) is 0 Å². The summed E-state index contributed by atoms with van der Waals surface area (Å²) in [6, 6.07) is 4.02. The number of aromatic nitrogens is 1. The SMILES string of the molecule is COC(=O)C1=Nc2ccc(F)cc2/C1=C\c1sc(=S)[nH]c1O. The molecular weight excluding hydrogens is 327 g/mol. The van der Waals surface area contributed by atoms with E-state index < -0.39 is 11.8 Å². The molecule has 1 aliphatic rings. The average Bonchev–Trinajstić information content (AvgIpc) is 2.99. The van der Waals surface area contributed by atoms with Gasteiger partial charge < -0.3 is 14.8 Å². The molecule has 0 saturated heterocycles. The van der Waals surface area contributed by atoms with E-state index in [1.165, 1.54) is 31.4 Å². The molecular formula is C14H9FN2O3S2. The number of methoxy groups -OCH3 is 1. The van der Waals surface area contributed by atoms with Crippen molar-refractivity contribution in [2.45, 2.75) is 0 Å². The third-order valence-electron chi connectivity index (χ3n) is 3.05. The molecule has 1 aromatic carbocycles. The molecule has 5 nitrogen and oxygen atoms in total. The van der Waals surface area contributed by atoms with E-state index in [9.17, 15) is 14.3 Å². The number of fused-ring (bicyclic) bond motifs is 1. The number of esters is 1. The predicted octanol–water partition coefficient (Wildman–Crippen LogP) is 3.45. The van der Waals surface area contributed by atoms with Gasteiger partial charge in [-0.3, -0.25) is 0 Å². The van der Waals surface area contributed by atoms with Crippen LogP contribution in [-0.4, -0.2) is 28.9 Å². The summed E-state index contributed by atoms with van der Waals surface area (Å²) in [5.41, 5.74) is 1.36. The highest BCUT2D eigenvalue weighted by atomic mass is 32.1. The number of halogens is 1. The Labute approximate surface area is 133 Å². The van der Waals surface area contributed by atoms with E-state index in [-0.39, 0.29) is 11.6 Å². The Morgan fingerprint density at radius 1 is 1.55 bits per heavy atom. The molecule has 3 rings (SSSR count). The number of thiazole rings is 1. The molecule has 0 radical (unpaired) electrons. The highest BCUT2D eigenvalue weighted by Crippen LogP contribution is 2.38. The van der Waals surface area contributed by atoms with Crippen LogP contribution in [0.3, 0.4) is 0 Å². The summed E-state index contributed by atoms with van der Waals surface area (Å²) in [5, 5.41) is 9.79. The number of nitrogens with one attached hydrogen (secondary N) is 1. The van der Waals surface area contributed by atoms with E-state index in [0.717, 1.165) is 11.3 Å². The van der Waals surface area contributed by atoms with Crippen molar-refractivity contribution in [3.63, 3.8) is 0 Å². The van der Waals surface area contributed by atoms with Gasteiger partial charge in [-0.15, -0.1) is 11.3 Å². The molecule has 112 valence electrons. The fraction of sp³-hybridized carbons (Fsp3) is 0.0714. The molecule has 0 fully saturated rings. The number of ether oxygens (including phenoxy) is 1. The number of rotatable bonds is 2. The van der Waals surface area contributed by atoms with Gasteiger partial charge in [0.1, 0.15) is 5.82 Å². The Morgan fingerprint density at radius 3 is 2.95 bits per heavy atom. The van der Waals surface area contributed by atoms with Crippen LogP contribution in [-0.2, 0) is 9.53 Å². The lowest BCUT2D eigenvalue weighted by molar-refractivity contribution is -0.132. The van der Waals surface area contributed by atoms with Gasteiger partial charge in [0.05, 0.1) is 17.7 Å². The van der Waals surface area contributed by atoms with Crippen molar-refractivity contribution in [2.24, 2.45) is 4.99 Å². The topological polar surface area (TPSA) is 74.7 Å². The first kappa shape index (κ1) is 14.6. The van der Waals surface area contributed by atoms with Crippen LogP contribution in [0.25, 0.3) is 11.6 Å². The Balaban J connectivity index is 2.20. The molecule has 1 aromatic heterocycles. The van der Waals surface area contributed by atoms with Gasteiger partial charge in [-0.25, -0.2) is 14.2 Å². The van der Waals surface area contributed by atoms with Crippen molar-refractivity contribution in [3.8, 4) is 5.88 Å². The van der Waals surface area contributed by atoms with Crippen LogP contribution >= 0.6 is 23.6 Å². The maximum atomic E-state index is 13.5.